The van der Waals surface area contributed by atoms with Crippen molar-refractivity contribution in [1.29, 1.82) is 0 Å². The van der Waals surface area contributed by atoms with Crippen LogP contribution in [0, 0.1) is 0 Å². The number of benzene rings is 2. The van der Waals surface area contributed by atoms with Crippen molar-refractivity contribution in [3.8, 4) is 5.75 Å². The quantitative estimate of drug-likeness (QED) is 0.737. The van der Waals surface area contributed by atoms with Gasteiger partial charge in [-0.05, 0) is 30.2 Å². The number of hydrogen-bond acceptors (Lipinski definition) is 3. The second-order valence-electron chi connectivity index (χ2n) is 5.19. The summed E-state index contributed by atoms with van der Waals surface area (Å²) in [6.45, 7) is 1.02. The van der Waals surface area contributed by atoms with Gasteiger partial charge in [-0.2, -0.15) is 0 Å². The zero-order chi connectivity index (χ0) is 17.4. The molecule has 0 heterocycles. The molecule has 0 aliphatic heterocycles. The summed E-state index contributed by atoms with van der Waals surface area (Å²) in [7, 11) is 1.64. The van der Waals surface area contributed by atoms with Gasteiger partial charge in [-0.15, -0.1) is 0 Å². The Labute approximate surface area is 152 Å². The molecular weight excluding hydrogens is 347 g/mol. The summed E-state index contributed by atoms with van der Waals surface area (Å²) in [4.78, 5) is 11.9. The van der Waals surface area contributed by atoms with Crippen LogP contribution in [0.3, 0.4) is 0 Å². The van der Waals surface area contributed by atoms with E-state index in [2.05, 4.69) is 10.6 Å². The molecule has 0 bridgehead atoms. The van der Waals surface area contributed by atoms with Crippen molar-refractivity contribution < 1.29 is 9.53 Å². The first-order chi connectivity index (χ1) is 11.6. The van der Waals surface area contributed by atoms with Gasteiger partial charge in [0.15, 0.2) is 0 Å². The normalized spacial score (nSPS) is 10.3. The monoisotopic (exact) mass is 366 g/mol. The highest BCUT2D eigenvalue weighted by Crippen LogP contribution is 2.29. The second kappa shape index (κ2) is 9.40. The molecule has 0 fully saturated rings. The van der Waals surface area contributed by atoms with Crippen LogP contribution in [0.25, 0.3) is 0 Å². The van der Waals surface area contributed by atoms with E-state index in [-0.39, 0.29) is 5.91 Å². The third kappa shape index (κ3) is 5.32. The van der Waals surface area contributed by atoms with E-state index in [1.165, 1.54) is 0 Å². The highest BCUT2D eigenvalue weighted by Gasteiger charge is 2.07. The number of anilines is 1. The van der Waals surface area contributed by atoms with Crippen LogP contribution in [0.15, 0.2) is 42.5 Å². The maximum absolute atomic E-state index is 11.9. The molecule has 2 aromatic rings. The minimum atomic E-state index is -0.0272. The van der Waals surface area contributed by atoms with Crippen molar-refractivity contribution in [2.24, 2.45) is 0 Å². The molecule has 0 saturated carbocycles. The Morgan fingerprint density at radius 2 is 1.75 bits per heavy atom. The summed E-state index contributed by atoms with van der Waals surface area (Å²) in [5.41, 5.74) is 1.73. The Bertz CT molecular complexity index is 672. The highest BCUT2D eigenvalue weighted by atomic mass is 35.5. The second-order valence-corrected chi connectivity index (χ2v) is 6.00. The third-order valence-corrected chi connectivity index (χ3v) is 4.16. The van der Waals surface area contributed by atoms with Gasteiger partial charge in [0.25, 0.3) is 0 Å². The zero-order valence-corrected chi connectivity index (χ0v) is 15.0. The summed E-state index contributed by atoms with van der Waals surface area (Å²) in [6, 6.07) is 13.1. The van der Waals surface area contributed by atoms with Gasteiger partial charge >= 0.3 is 0 Å². The lowest BCUT2D eigenvalue weighted by atomic mass is 10.1. The smallest absolute Gasteiger partial charge is 0.221 e. The molecule has 0 aromatic heterocycles. The number of amides is 1. The predicted molar refractivity (Wildman–Crippen MR) is 99.3 cm³/mol. The molecule has 0 spiro atoms. The van der Waals surface area contributed by atoms with Crippen molar-refractivity contribution in [3.63, 3.8) is 0 Å². The van der Waals surface area contributed by atoms with Crippen LogP contribution in [0.5, 0.6) is 5.75 Å². The van der Waals surface area contributed by atoms with Gasteiger partial charge in [-0.3, -0.25) is 4.79 Å². The SMILES string of the molecule is COc1ccccc1CCNC(=O)CCNc1c(Cl)cccc1Cl. The van der Waals surface area contributed by atoms with Gasteiger partial charge in [0.05, 0.1) is 22.8 Å². The van der Waals surface area contributed by atoms with Gasteiger partial charge in [-0.25, -0.2) is 0 Å². The molecule has 128 valence electrons. The van der Waals surface area contributed by atoms with Crippen LogP contribution < -0.4 is 15.4 Å². The number of rotatable bonds is 8. The molecule has 2 N–H and O–H groups in total. The Balaban J connectivity index is 1.72. The van der Waals surface area contributed by atoms with Crippen molar-refractivity contribution in [1.82, 2.24) is 5.32 Å². The fraction of sp³-hybridized carbons (Fsp3) is 0.278. The Kier molecular flexibility index (Phi) is 7.22. The fourth-order valence-electron chi connectivity index (χ4n) is 2.30. The van der Waals surface area contributed by atoms with Crippen LogP contribution in [0.1, 0.15) is 12.0 Å². The average Bonchev–Trinajstić information content (AvgIpc) is 2.58. The standard InChI is InChI=1S/C18H20Cl2N2O2/c1-24-16-8-3-2-5-13(16)9-11-21-17(23)10-12-22-18-14(19)6-4-7-15(18)20/h2-8,22H,9-12H2,1H3,(H,21,23). The van der Waals surface area contributed by atoms with Crippen molar-refractivity contribution in [2.75, 3.05) is 25.5 Å². The van der Waals surface area contributed by atoms with Crippen molar-refractivity contribution >= 4 is 34.8 Å². The number of carbonyl (C=O) groups is 1. The number of methoxy groups -OCH3 is 1. The van der Waals surface area contributed by atoms with Gasteiger partial charge in [-0.1, -0.05) is 47.5 Å². The molecule has 4 nitrogen and oxygen atoms in total. The highest BCUT2D eigenvalue weighted by molar-refractivity contribution is 6.39. The van der Waals surface area contributed by atoms with E-state index in [1.54, 1.807) is 25.3 Å². The number of para-hydroxylation sites is 2. The number of ether oxygens (including phenoxy) is 1. The van der Waals surface area contributed by atoms with Gasteiger partial charge in [0, 0.05) is 19.5 Å². The summed E-state index contributed by atoms with van der Waals surface area (Å²) >= 11 is 12.1. The first-order valence-corrected chi connectivity index (χ1v) is 8.44. The van der Waals surface area contributed by atoms with Crippen LogP contribution in [-0.4, -0.2) is 26.1 Å². The maximum atomic E-state index is 11.9. The molecule has 2 aromatic carbocycles. The van der Waals surface area contributed by atoms with E-state index in [0.717, 1.165) is 17.7 Å². The van der Waals surface area contributed by atoms with Gasteiger partial charge in [0.2, 0.25) is 5.91 Å². The third-order valence-electron chi connectivity index (χ3n) is 3.53. The lowest BCUT2D eigenvalue weighted by Gasteiger charge is -2.11. The minimum absolute atomic E-state index is 0.0272. The molecule has 0 unspecified atom stereocenters. The lowest BCUT2D eigenvalue weighted by Crippen LogP contribution is -2.27. The van der Waals surface area contributed by atoms with Gasteiger partial charge < -0.3 is 15.4 Å². The van der Waals surface area contributed by atoms with Crippen LogP contribution in [0.4, 0.5) is 5.69 Å². The molecule has 0 radical (unpaired) electrons. The molecule has 6 heteroatoms. The first-order valence-electron chi connectivity index (χ1n) is 7.68. The molecule has 0 atom stereocenters. The summed E-state index contributed by atoms with van der Waals surface area (Å²) in [5, 5.41) is 7.07. The molecule has 1 amide bonds. The number of nitrogens with one attached hydrogen (secondary N) is 2. The van der Waals surface area contributed by atoms with E-state index in [9.17, 15) is 4.79 Å². The van der Waals surface area contributed by atoms with Crippen LogP contribution in [0.2, 0.25) is 10.0 Å². The topological polar surface area (TPSA) is 50.4 Å². The van der Waals surface area contributed by atoms with Crippen molar-refractivity contribution in [2.45, 2.75) is 12.8 Å². The van der Waals surface area contributed by atoms with E-state index in [4.69, 9.17) is 27.9 Å². The van der Waals surface area contributed by atoms with E-state index < -0.39 is 0 Å². The van der Waals surface area contributed by atoms with Crippen molar-refractivity contribution in [3.05, 3.63) is 58.1 Å². The maximum Gasteiger partial charge on any atom is 0.221 e. The summed E-state index contributed by atoms with van der Waals surface area (Å²) in [5.74, 6) is 0.808. The molecule has 0 saturated heterocycles. The molecule has 0 aliphatic carbocycles. The number of carbonyl (C=O) groups excluding carboxylic acids is 1. The average molecular weight is 367 g/mol. The largest absolute Gasteiger partial charge is 0.496 e. The predicted octanol–water partition coefficient (Wildman–Crippen LogP) is 4.16. The summed E-state index contributed by atoms with van der Waals surface area (Å²) < 4.78 is 5.29. The lowest BCUT2D eigenvalue weighted by molar-refractivity contribution is -0.120. The minimum Gasteiger partial charge on any atom is -0.496 e. The zero-order valence-electron chi connectivity index (χ0n) is 13.4. The summed E-state index contributed by atoms with van der Waals surface area (Å²) in [6.07, 6.45) is 1.06. The Hall–Kier alpha value is -1.91. The van der Waals surface area contributed by atoms with E-state index in [1.807, 2.05) is 24.3 Å². The molecule has 0 aliphatic rings. The number of halogens is 2. The van der Waals surface area contributed by atoms with E-state index in [0.29, 0.717) is 35.2 Å². The molecule has 24 heavy (non-hydrogen) atoms. The number of hydrogen-bond donors (Lipinski definition) is 2. The molecular formula is C18H20Cl2N2O2. The van der Waals surface area contributed by atoms with Gasteiger partial charge in [0.1, 0.15) is 5.75 Å². The molecule has 2 rings (SSSR count). The van der Waals surface area contributed by atoms with Crippen LogP contribution in [-0.2, 0) is 11.2 Å². The Morgan fingerprint density at radius 1 is 1.04 bits per heavy atom. The Morgan fingerprint density at radius 3 is 2.46 bits per heavy atom. The fourth-order valence-corrected chi connectivity index (χ4v) is 2.83. The first kappa shape index (κ1) is 18.4. The van der Waals surface area contributed by atoms with E-state index >= 15 is 0 Å². The van der Waals surface area contributed by atoms with Crippen LogP contribution >= 0.6 is 23.2 Å².